The number of nitrogens with one attached hydrogen (secondary N) is 1. The number of benzene rings is 4. The fourth-order valence-corrected chi connectivity index (χ4v) is 4.76. The average Bonchev–Trinajstić information content (AvgIpc) is 3.25. The number of anilines is 2. The molecule has 1 amide bonds. The second-order valence-electron chi connectivity index (χ2n) is 10.1. The highest BCUT2D eigenvalue weighted by molar-refractivity contribution is 6.71. The first-order valence-electron chi connectivity index (χ1n) is 13.2. The molecule has 1 aliphatic heterocycles. The molecule has 4 aromatic rings. The Labute approximate surface area is 238 Å². The fourth-order valence-electron chi connectivity index (χ4n) is 4.76. The largest absolute Gasteiger partial charge is 0.505 e. The zero-order valence-corrected chi connectivity index (χ0v) is 23.0. The Bertz CT molecular complexity index is 1690. The summed E-state index contributed by atoms with van der Waals surface area (Å²) in [5, 5.41) is 31.1. The molecule has 8 heteroatoms. The van der Waals surface area contributed by atoms with Crippen LogP contribution in [0.2, 0.25) is 0 Å². The van der Waals surface area contributed by atoms with Gasteiger partial charge in [0.05, 0.1) is 23.0 Å². The van der Waals surface area contributed by atoms with Crippen molar-refractivity contribution in [3.8, 4) is 16.9 Å². The Hall–Kier alpha value is -5.24. The molecule has 1 heterocycles. The van der Waals surface area contributed by atoms with Gasteiger partial charge >= 0.3 is 11.9 Å². The van der Waals surface area contributed by atoms with Crippen molar-refractivity contribution in [1.29, 1.82) is 0 Å². The molecule has 1 atom stereocenters. The van der Waals surface area contributed by atoms with Crippen LogP contribution in [0.4, 0.5) is 11.4 Å². The zero-order valence-electron chi connectivity index (χ0n) is 23.0. The Kier molecular flexibility index (Phi) is 7.65. The molecule has 0 fully saturated rings. The van der Waals surface area contributed by atoms with E-state index in [2.05, 4.69) is 15.6 Å². The summed E-state index contributed by atoms with van der Waals surface area (Å²) in [5.74, 6) is -2.12. The van der Waals surface area contributed by atoms with Gasteiger partial charge in [-0.15, -0.1) is 0 Å². The molecule has 206 valence electrons. The van der Waals surface area contributed by atoms with Gasteiger partial charge in [-0.05, 0) is 73.2 Å². The second-order valence-corrected chi connectivity index (χ2v) is 10.1. The number of hydrogen-bond acceptors (Lipinski definition) is 6. The van der Waals surface area contributed by atoms with Gasteiger partial charge in [-0.1, -0.05) is 72.8 Å². The van der Waals surface area contributed by atoms with Crippen molar-refractivity contribution < 1.29 is 19.8 Å². The number of rotatable bonds is 8. The van der Waals surface area contributed by atoms with Crippen LogP contribution in [-0.2, 0) is 16.0 Å². The van der Waals surface area contributed by atoms with Gasteiger partial charge < -0.3 is 10.2 Å². The van der Waals surface area contributed by atoms with Gasteiger partial charge in [0, 0.05) is 5.56 Å². The quantitative estimate of drug-likeness (QED) is 0.178. The Morgan fingerprint density at radius 3 is 2.41 bits per heavy atom. The van der Waals surface area contributed by atoms with Gasteiger partial charge in [-0.3, -0.25) is 15.0 Å². The number of hydrogen-bond donors (Lipinski definition) is 3. The van der Waals surface area contributed by atoms with Crippen LogP contribution >= 0.6 is 0 Å². The highest BCUT2D eigenvalue weighted by atomic mass is 16.4. The van der Waals surface area contributed by atoms with Crippen molar-refractivity contribution in [2.24, 2.45) is 10.2 Å². The molecule has 3 N–H and O–H groups in total. The minimum atomic E-state index is -0.922. The molecular weight excluding hydrogens is 516 g/mol. The first kappa shape index (κ1) is 27.3. The van der Waals surface area contributed by atoms with E-state index in [-0.39, 0.29) is 17.4 Å². The molecule has 0 spiro atoms. The maximum atomic E-state index is 13.1. The first-order valence-corrected chi connectivity index (χ1v) is 13.2. The number of phenols is 1. The zero-order chi connectivity index (χ0) is 29.1. The Balaban J connectivity index is 1.39. The number of amides is 1. The third-order valence-electron chi connectivity index (χ3n) is 7.23. The van der Waals surface area contributed by atoms with Gasteiger partial charge in [0.1, 0.15) is 5.75 Å². The van der Waals surface area contributed by atoms with Crippen LogP contribution in [0.1, 0.15) is 35.1 Å². The van der Waals surface area contributed by atoms with E-state index in [1.807, 2.05) is 68.4 Å². The predicted octanol–water partition coefficient (Wildman–Crippen LogP) is 6.28. The smallest absolute Gasteiger partial charge is 0.311 e. The lowest BCUT2D eigenvalue weighted by atomic mass is 9.90. The molecule has 1 unspecified atom stereocenters. The number of aryl methyl sites for hydroxylation is 2. The van der Waals surface area contributed by atoms with Gasteiger partial charge in [-0.25, -0.2) is 0 Å². The fraction of sp³-hybridized carbons (Fsp3) is 0.152. The van der Waals surface area contributed by atoms with E-state index >= 15 is 0 Å². The van der Waals surface area contributed by atoms with Gasteiger partial charge in [0.2, 0.25) is 0 Å². The van der Waals surface area contributed by atoms with E-state index in [0.717, 1.165) is 16.7 Å². The third-order valence-corrected chi connectivity index (χ3v) is 7.23. The number of aliphatic carboxylic acids is 1. The standard InChI is InChI=1S/C33H30N4O4/c1-20-15-16-26(17-21(20)2)37-32(39)30(22(3)36-37)35-34-29-14-8-13-27(31(29)38)24-11-7-12-25(19-24)28(33(40)41)18-23-9-5-4-6-10-23/h4-17,19,28,34,38H,18H2,1-3H3,(H,40,41). The summed E-state index contributed by atoms with van der Waals surface area (Å²) < 4.78 is 0. The van der Waals surface area contributed by atoms with Crippen LogP contribution in [0.25, 0.3) is 11.1 Å². The van der Waals surface area contributed by atoms with E-state index in [1.54, 1.807) is 43.3 Å². The van der Waals surface area contributed by atoms with Crippen LogP contribution in [0.5, 0.6) is 5.75 Å². The van der Waals surface area contributed by atoms with Crippen LogP contribution < -0.4 is 10.4 Å². The number of para-hydroxylation sites is 1. The molecule has 1 aliphatic rings. The molecule has 5 rings (SSSR count). The monoisotopic (exact) mass is 546 g/mol. The average molecular weight is 547 g/mol. The Morgan fingerprint density at radius 2 is 1.68 bits per heavy atom. The highest BCUT2D eigenvalue weighted by Crippen LogP contribution is 2.37. The molecular formula is C33H30N4O4. The number of aromatic hydroxyl groups is 1. The Morgan fingerprint density at radius 1 is 0.927 bits per heavy atom. The van der Waals surface area contributed by atoms with Gasteiger partial charge in [0.25, 0.3) is 0 Å². The molecule has 0 bridgehead atoms. The van der Waals surface area contributed by atoms with E-state index in [0.29, 0.717) is 40.2 Å². The SMILES string of the molecule is CC1=NN(c2ccc(C)c(C)c2)C(=O)C1=NNc1cccc(-c2cccc(C(Cc3ccccc3)C(=O)O)c2)c1O. The number of carbonyl (C=O) groups excluding carboxylic acids is 1. The summed E-state index contributed by atoms with van der Waals surface area (Å²) >= 11 is 0. The summed E-state index contributed by atoms with van der Waals surface area (Å²) in [6.45, 7) is 5.68. The van der Waals surface area contributed by atoms with Crippen LogP contribution in [0, 0.1) is 13.8 Å². The molecule has 0 saturated heterocycles. The van der Waals surface area contributed by atoms with Crippen molar-refractivity contribution in [2.45, 2.75) is 33.1 Å². The van der Waals surface area contributed by atoms with Crippen LogP contribution in [0.3, 0.4) is 0 Å². The number of carboxylic acids is 1. The normalized spacial score (nSPS) is 14.7. The molecule has 4 aromatic carbocycles. The maximum Gasteiger partial charge on any atom is 0.311 e. The molecule has 41 heavy (non-hydrogen) atoms. The maximum absolute atomic E-state index is 13.1. The number of carbonyl (C=O) groups is 2. The molecule has 0 radical (unpaired) electrons. The minimum absolute atomic E-state index is 0.0741. The lowest BCUT2D eigenvalue weighted by Crippen LogP contribution is -2.28. The summed E-state index contributed by atoms with van der Waals surface area (Å²) in [7, 11) is 0. The van der Waals surface area contributed by atoms with Gasteiger partial charge in [-0.2, -0.15) is 15.2 Å². The lowest BCUT2D eigenvalue weighted by Gasteiger charge is -2.15. The molecule has 0 saturated carbocycles. The van der Waals surface area contributed by atoms with E-state index in [1.165, 1.54) is 5.01 Å². The number of hydrazone groups is 2. The van der Waals surface area contributed by atoms with E-state index in [9.17, 15) is 19.8 Å². The first-order chi connectivity index (χ1) is 19.7. The second kappa shape index (κ2) is 11.5. The molecule has 8 nitrogen and oxygen atoms in total. The van der Waals surface area contributed by atoms with Crippen LogP contribution in [-0.4, -0.2) is 33.5 Å². The number of nitrogens with zero attached hydrogens (tertiary/aromatic N) is 3. The van der Waals surface area contributed by atoms with Crippen molar-refractivity contribution in [3.63, 3.8) is 0 Å². The topological polar surface area (TPSA) is 115 Å². The molecule has 0 aromatic heterocycles. The predicted molar refractivity (Wildman–Crippen MR) is 162 cm³/mol. The number of phenolic OH excluding ortho intramolecular Hbond substituents is 1. The van der Waals surface area contributed by atoms with E-state index in [4.69, 9.17) is 0 Å². The van der Waals surface area contributed by atoms with Gasteiger partial charge in [0.15, 0.2) is 5.71 Å². The van der Waals surface area contributed by atoms with Crippen molar-refractivity contribution in [2.75, 3.05) is 10.4 Å². The summed E-state index contributed by atoms with van der Waals surface area (Å²) in [6.07, 6.45) is 0.346. The van der Waals surface area contributed by atoms with Crippen molar-refractivity contribution in [1.82, 2.24) is 0 Å². The number of carboxylic acid groups (broad SMARTS) is 1. The summed E-state index contributed by atoms with van der Waals surface area (Å²) in [6, 6.07) is 27.5. The minimum Gasteiger partial charge on any atom is -0.505 e. The van der Waals surface area contributed by atoms with Crippen LogP contribution in [0.15, 0.2) is 101 Å². The van der Waals surface area contributed by atoms with Crippen molar-refractivity contribution >= 4 is 34.7 Å². The highest BCUT2D eigenvalue weighted by Gasteiger charge is 2.31. The third kappa shape index (κ3) is 5.72. The summed E-state index contributed by atoms with van der Waals surface area (Å²) in [5.41, 5.74) is 9.24. The lowest BCUT2D eigenvalue weighted by molar-refractivity contribution is -0.138. The summed E-state index contributed by atoms with van der Waals surface area (Å²) in [4.78, 5) is 25.3. The molecule has 0 aliphatic carbocycles. The van der Waals surface area contributed by atoms with E-state index < -0.39 is 11.9 Å². The van der Waals surface area contributed by atoms with Crippen molar-refractivity contribution in [3.05, 3.63) is 113 Å².